The van der Waals surface area contributed by atoms with Gasteiger partial charge in [0.2, 0.25) is 0 Å². The number of hydrogen-bond donors (Lipinski definition) is 1. The molecule has 0 saturated carbocycles. The SMILES string of the molecule is CCCn1ncnc1CNc1c(Br)cc(Br)cc1Br. The highest BCUT2D eigenvalue weighted by Crippen LogP contribution is 2.34. The van der Waals surface area contributed by atoms with Crippen LogP contribution in [0.3, 0.4) is 0 Å². The summed E-state index contributed by atoms with van der Waals surface area (Å²) in [6.45, 7) is 3.65. The van der Waals surface area contributed by atoms with E-state index >= 15 is 0 Å². The Bertz CT molecular complexity index is 545. The number of nitrogens with one attached hydrogen (secondary N) is 1. The predicted molar refractivity (Wildman–Crippen MR) is 87.2 cm³/mol. The second kappa shape index (κ2) is 6.85. The molecule has 0 aliphatic rings. The van der Waals surface area contributed by atoms with Crippen molar-refractivity contribution in [1.82, 2.24) is 14.8 Å². The molecule has 0 aliphatic carbocycles. The van der Waals surface area contributed by atoms with Gasteiger partial charge in [0.05, 0.1) is 12.2 Å². The molecule has 0 radical (unpaired) electrons. The normalized spacial score (nSPS) is 10.7. The molecular weight excluding hydrogens is 440 g/mol. The van der Waals surface area contributed by atoms with Crippen LogP contribution in [-0.2, 0) is 13.1 Å². The van der Waals surface area contributed by atoms with Gasteiger partial charge >= 0.3 is 0 Å². The van der Waals surface area contributed by atoms with E-state index in [1.807, 2.05) is 16.8 Å². The minimum absolute atomic E-state index is 0.638. The molecule has 1 aromatic heterocycles. The van der Waals surface area contributed by atoms with Crippen molar-refractivity contribution < 1.29 is 0 Å². The van der Waals surface area contributed by atoms with Crippen LogP contribution in [-0.4, -0.2) is 14.8 Å². The molecule has 1 N–H and O–H groups in total. The summed E-state index contributed by atoms with van der Waals surface area (Å²) in [7, 11) is 0. The van der Waals surface area contributed by atoms with Crippen LogP contribution < -0.4 is 5.32 Å². The Labute approximate surface area is 137 Å². The van der Waals surface area contributed by atoms with E-state index in [9.17, 15) is 0 Å². The number of hydrogen-bond acceptors (Lipinski definition) is 3. The lowest BCUT2D eigenvalue weighted by atomic mass is 10.3. The standard InChI is InChI=1S/C12H13Br3N4/c1-2-3-19-11(17-7-18-19)6-16-12-9(14)4-8(13)5-10(12)15/h4-5,7,16H,2-3,6H2,1H3. The first-order chi connectivity index (χ1) is 9.11. The Balaban J connectivity index is 2.12. The molecule has 0 bridgehead atoms. The Morgan fingerprint density at radius 1 is 1.21 bits per heavy atom. The Morgan fingerprint density at radius 2 is 1.89 bits per heavy atom. The largest absolute Gasteiger partial charge is 0.376 e. The third-order valence-corrected chi connectivity index (χ3v) is 4.27. The van der Waals surface area contributed by atoms with Crippen molar-refractivity contribution in [3.05, 3.63) is 37.7 Å². The molecule has 0 atom stereocenters. The molecule has 2 aromatic rings. The molecular formula is C12H13Br3N4. The summed E-state index contributed by atoms with van der Waals surface area (Å²) in [4.78, 5) is 4.28. The van der Waals surface area contributed by atoms with Gasteiger partial charge in [0.15, 0.2) is 0 Å². The van der Waals surface area contributed by atoms with Crippen LogP contribution >= 0.6 is 47.8 Å². The van der Waals surface area contributed by atoms with Crippen molar-refractivity contribution in [2.45, 2.75) is 26.4 Å². The summed E-state index contributed by atoms with van der Waals surface area (Å²) >= 11 is 10.5. The molecule has 0 saturated heterocycles. The maximum Gasteiger partial charge on any atom is 0.146 e. The van der Waals surface area contributed by atoms with E-state index < -0.39 is 0 Å². The lowest BCUT2D eigenvalue weighted by Gasteiger charge is -2.11. The number of aromatic nitrogens is 3. The van der Waals surface area contributed by atoms with E-state index in [-0.39, 0.29) is 0 Å². The first kappa shape index (κ1) is 15.0. The molecule has 19 heavy (non-hydrogen) atoms. The summed E-state index contributed by atoms with van der Waals surface area (Å²) in [5.74, 6) is 0.934. The summed E-state index contributed by atoms with van der Waals surface area (Å²) < 4.78 is 4.93. The van der Waals surface area contributed by atoms with Crippen LogP contribution in [0.4, 0.5) is 5.69 Å². The third-order valence-electron chi connectivity index (χ3n) is 2.56. The monoisotopic (exact) mass is 450 g/mol. The van der Waals surface area contributed by atoms with E-state index in [2.05, 4.69) is 70.1 Å². The molecule has 102 valence electrons. The van der Waals surface area contributed by atoms with Crippen molar-refractivity contribution in [1.29, 1.82) is 0 Å². The molecule has 0 aliphatic heterocycles. The molecule has 0 amide bonds. The summed E-state index contributed by atoms with van der Waals surface area (Å²) in [6, 6.07) is 4.01. The molecule has 7 heteroatoms. The topological polar surface area (TPSA) is 42.7 Å². The number of halogens is 3. The third kappa shape index (κ3) is 3.79. The maximum absolute atomic E-state index is 4.28. The minimum Gasteiger partial charge on any atom is -0.376 e. The van der Waals surface area contributed by atoms with Crippen molar-refractivity contribution in [3.8, 4) is 0 Å². The summed E-state index contributed by atoms with van der Waals surface area (Å²) in [6.07, 6.45) is 2.64. The van der Waals surface area contributed by atoms with Crippen LogP contribution in [0, 0.1) is 0 Å². The van der Waals surface area contributed by atoms with Crippen molar-refractivity contribution in [2.24, 2.45) is 0 Å². The fraction of sp³-hybridized carbons (Fsp3) is 0.333. The lowest BCUT2D eigenvalue weighted by molar-refractivity contribution is 0.574. The van der Waals surface area contributed by atoms with Crippen LogP contribution in [0.2, 0.25) is 0 Å². The number of aryl methyl sites for hydroxylation is 1. The fourth-order valence-corrected chi connectivity index (χ4v) is 4.24. The van der Waals surface area contributed by atoms with Crippen molar-refractivity contribution >= 4 is 53.5 Å². The van der Waals surface area contributed by atoms with Gasteiger partial charge in [0.1, 0.15) is 12.2 Å². The Morgan fingerprint density at radius 3 is 2.53 bits per heavy atom. The van der Waals surface area contributed by atoms with Crippen LogP contribution in [0.15, 0.2) is 31.9 Å². The van der Waals surface area contributed by atoms with Gasteiger partial charge in [-0.15, -0.1) is 0 Å². The second-order valence-electron chi connectivity index (χ2n) is 4.00. The maximum atomic E-state index is 4.28. The lowest BCUT2D eigenvalue weighted by Crippen LogP contribution is -2.10. The average molecular weight is 453 g/mol. The molecule has 0 unspecified atom stereocenters. The highest BCUT2D eigenvalue weighted by atomic mass is 79.9. The van der Waals surface area contributed by atoms with Gasteiger partial charge in [-0.25, -0.2) is 9.67 Å². The minimum atomic E-state index is 0.638. The molecule has 0 spiro atoms. The zero-order chi connectivity index (χ0) is 13.8. The van der Waals surface area contributed by atoms with Crippen LogP contribution in [0.5, 0.6) is 0 Å². The van der Waals surface area contributed by atoms with Gasteiger partial charge in [-0.1, -0.05) is 22.9 Å². The van der Waals surface area contributed by atoms with Gasteiger partial charge in [-0.2, -0.15) is 5.10 Å². The van der Waals surface area contributed by atoms with Crippen molar-refractivity contribution in [3.63, 3.8) is 0 Å². The number of benzene rings is 1. The smallest absolute Gasteiger partial charge is 0.146 e. The van der Waals surface area contributed by atoms with E-state index in [0.29, 0.717) is 6.54 Å². The second-order valence-corrected chi connectivity index (χ2v) is 6.62. The van der Waals surface area contributed by atoms with Gasteiger partial charge in [-0.3, -0.25) is 0 Å². The van der Waals surface area contributed by atoms with Gasteiger partial charge in [-0.05, 0) is 50.4 Å². The van der Waals surface area contributed by atoms with Gasteiger partial charge in [0.25, 0.3) is 0 Å². The molecule has 4 nitrogen and oxygen atoms in total. The molecule has 1 aromatic carbocycles. The highest BCUT2D eigenvalue weighted by molar-refractivity contribution is 9.11. The van der Waals surface area contributed by atoms with Crippen LogP contribution in [0.25, 0.3) is 0 Å². The zero-order valence-electron chi connectivity index (χ0n) is 10.3. The quantitative estimate of drug-likeness (QED) is 0.721. The first-order valence-corrected chi connectivity index (χ1v) is 8.24. The summed E-state index contributed by atoms with van der Waals surface area (Å²) in [5.41, 5.74) is 1.01. The van der Waals surface area contributed by atoms with Gasteiger partial charge in [0, 0.05) is 20.0 Å². The first-order valence-electron chi connectivity index (χ1n) is 5.87. The summed E-state index contributed by atoms with van der Waals surface area (Å²) in [5, 5.41) is 7.58. The molecule has 1 heterocycles. The van der Waals surface area contributed by atoms with E-state index in [1.54, 1.807) is 6.33 Å². The number of rotatable bonds is 5. The average Bonchev–Trinajstić information content (AvgIpc) is 2.76. The molecule has 0 fully saturated rings. The van der Waals surface area contributed by atoms with Crippen LogP contribution in [0.1, 0.15) is 19.2 Å². The number of anilines is 1. The Kier molecular flexibility index (Phi) is 5.41. The van der Waals surface area contributed by atoms with E-state index in [4.69, 9.17) is 0 Å². The highest BCUT2D eigenvalue weighted by Gasteiger charge is 2.09. The fourth-order valence-electron chi connectivity index (χ4n) is 1.70. The zero-order valence-corrected chi connectivity index (χ0v) is 15.1. The van der Waals surface area contributed by atoms with Crippen molar-refractivity contribution in [2.75, 3.05) is 5.32 Å². The number of nitrogens with zero attached hydrogens (tertiary/aromatic N) is 3. The Hall–Kier alpha value is -0.400. The van der Waals surface area contributed by atoms with E-state index in [1.165, 1.54) is 0 Å². The predicted octanol–water partition coefficient (Wildman–Crippen LogP) is 4.59. The van der Waals surface area contributed by atoms with Gasteiger partial charge < -0.3 is 5.32 Å². The van der Waals surface area contributed by atoms with E-state index in [0.717, 1.165) is 37.9 Å². The molecule has 2 rings (SSSR count).